The van der Waals surface area contributed by atoms with Crippen LogP contribution < -0.4 is 5.32 Å². The van der Waals surface area contributed by atoms with Gasteiger partial charge in [0.15, 0.2) is 0 Å². The lowest BCUT2D eigenvalue weighted by Crippen LogP contribution is -2.34. The van der Waals surface area contributed by atoms with Gasteiger partial charge in [-0.1, -0.05) is 18.2 Å². The summed E-state index contributed by atoms with van der Waals surface area (Å²) in [5.74, 6) is 0.594. The molecule has 21 heavy (non-hydrogen) atoms. The van der Waals surface area contributed by atoms with E-state index in [2.05, 4.69) is 49.4 Å². The van der Waals surface area contributed by atoms with Gasteiger partial charge in [-0.15, -0.1) is 0 Å². The van der Waals surface area contributed by atoms with Crippen molar-refractivity contribution in [2.24, 2.45) is 0 Å². The molecular weight excluding hydrogens is 262 g/mol. The number of nitrogens with zero attached hydrogens (tertiary/aromatic N) is 2. The van der Waals surface area contributed by atoms with Gasteiger partial charge in [0, 0.05) is 37.7 Å². The van der Waals surface area contributed by atoms with Gasteiger partial charge >= 0.3 is 0 Å². The molecule has 0 spiro atoms. The third-order valence-corrected chi connectivity index (χ3v) is 4.13. The minimum atomic E-state index is 0.278. The highest BCUT2D eigenvalue weighted by Gasteiger charge is 2.25. The van der Waals surface area contributed by atoms with E-state index >= 15 is 0 Å². The van der Waals surface area contributed by atoms with Crippen LogP contribution in [-0.2, 0) is 4.79 Å². The molecule has 0 aromatic heterocycles. The van der Waals surface area contributed by atoms with Crippen molar-refractivity contribution < 1.29 is 4.79 Å². The summed E-state index contributed by atoms with van der Waals surface area (Å²) < 4.78 is 0. The van der Waals surface area contributed by atoms with E-state index in [1.54, 1.807) is 0 Å². The second-order valence-electron chi connectivity index (χ2n) is 6.00. The molecule has 116 valence electrons. The molecule has 1 heterocycles. The molecule has 1 N–H and O–H groups in total. The highest BCUT2D eigenvalue weighted by molar-refractivity contribution is 5.78. The summed E-state index contributed by atoms with van der Waals surface area (Å²) in [4.78, 5) is 16.7. The van der Waals surface area contributed by atoms with Crippen LogP contribution in [0, 0.1) is 0 Å². The van der Waals surface area contributed by atoms with E-state index in [4.69, 9.17) is 0 Å². The Morgan fingerprint density at radius 2 is 2.05 bits per heavy atom. The topological polar surface area (TPSA) is 35.6 Å². The Morgan fingerprint density at radius 1 is 1.29 bits per heavy atom. The van der Waals surface area contributed by atoms with Gasteiger partial charge < -0.3 is 15.1 Å². The van der Waals surface area contributed by atoms with E-state index in [-0.39, 0.29) is 5.91 Å². The van der Waals surface area contributed by atoms with Crippen molar-refractivity contribution in [3.05, 3.63) is 29.8 Å². The highest BCUT2D eigenvalue weighted by Crippen LogP contribution is 2.33. The molecule has 0 saturated heterocycles. The number of amides is 1. The molecule has 1 atom stereocenters. The van der Waals surface area contributed by atoms with Crippen LogP contribution in [-0.4, -0.2) is 56.0 Å². The van der Waals surface area contributed by atoms with Crippen LogP contribution >= 0.6 is 0 Å². The molecular formula is C17H27N3O. The predicted octanol–water partition coefficient (Wildman–Crippen LogP) is 2.39. The first kappa shape index (κ1) is 15.8. The summed E-state index contributed by atoms with van der Waals surface area (Å²) in [6.07, 6.45) is 1.64. The average molecular weight is 289 g/mol. The molecule has 4 nitrogen and oxygen atoms in total. The predicted molar refractivity (Wildman–Crippen MR) is 87.7 cm³/mol. The number of carbonyl (C=O) groups excluding carboxylic acids is 1. The third kappa shape index (κ3) is 4.21. The number of benzene rings is 1. The Kier molecular flexibility index (Phi) is 5.62. The second kappa shape index (κ2) is 7.46. The van der Waals surface area contributed by atoms with Gasteiger partial charge in [0.2, 0.25) is 5.91 Å². The first-order valence-electron chi connectivity index (χ1n) is 7.87. The fraction of sp³-hybridized carbons (Fsp3) is 0.588. The van der Waals surface area contributed by atoms with Crippen molar-refractivity contribution in [1.82, 2.24) is 9.80 Å². The van der Waals surface area contributed by atoms with E-state index in [9.17, 15) is 4.79 Å². The number of anilines is 1. The van der Waals surface area contributed by atoms with Crippen LogP contribution in [0.2, 0.25) is 0 Å². The monoisotopic (exact) mass is 289 g/mol. The summed E-state index contributed by atoms with van der Waals surface area (Å²) in [5, 5.41) is 3.39. The van der Waals surface area contributed by atoms with Crippen molar-refractivity contribution in [3.8, 4) is 0 Å². The van der Waals surface area contributed by atoms with Crippen LogP contribution in [0.3, 0.4) is 0 Å². The first-order valence-corrected chi connectivity index (χ1v) is 7.87. The van der Waals surface area contributed by atoms with Crippen molar-refractivity contribution in [1.29, 1.82) is 0 Å². The molecule has 2 rings (SSSR count). The molecule has 0 fully saturated rings. The molecule has 1 aromatic rings. The molecule has 1 unspecified atom stereocenters. The Labute approximate surface area is 128 Å². The van der Waals surface area contributed by atoms with Crippen molar-refractivity contribution >= 4 is 11.6 Å². The molecule has 1 aliphatic rings. The number of fused-ring (bicyclic) bond motifs is 1. The Morgan fingerprint density at radius 3 is 2.76 bits per heavy atom. The fourth-order valence-corrected chi connectivity index (χ4v) is 2.92. The summed E-state index contributed by atoms with van der Waals surface area (Å²) in [7, 11) is 4.14. The Bertz CT molecular complexity index is 473. The quantitative estimate of drug-likeness (QED) is 0.837. The van der Waals surface area contributed by atoms with Gasteiger partial charge in [0.25, 0.3) is 0 Å². The molecule has 0 bridgehead atoms. The van der Waals surface area contributed by atoms with Crippen LogP contribution in [0.5, 0.6) is 0 Å². The molecule has 4 heteroatoms. The van der Waals surface area contributed by atoms with Gasteiger partial charge in [-0.05, 0) is 45.6 Å². The number of hydrogen-bond acceptors (Lipinski definition) is 3. The van der Waals surface area contributed by atoms with Crippen LogP contribution in [0.25, 0.3) is 0 Å². The lowest BCUT2D eigenvalue weighted by Gasteiger charge is -2.23. The SMILES string of the molecule is CCN(CCCN(C)C)C(=O)CC1CNc2ccccc21. The van der Waals surface area contributed by atoms with Gasteiger partial charge in [-0.3, -0.25) is 4.79 Å². The highest BCUT2D eigenvalue weighted by atomic mass is 16.2. The minimum Gasteiger partial charge on any atom is -0.384 e. The smallest absolute Gasteiger partial charge is 0.223 e. The van der Waals surface area contributed by atoms with Crippen LogP contribution in [0.1, 0.15) is 31.2 Å². The first-order chi connectivity index (χ1) is 10.1. The van der Waals surface area contributed by atoms with E-state index in [0.717, 1.165) is 32.6 Å². The van der Waals surface area contributed by atoms with Gasteiger partial charge in [-0.25, -0.2) is 0 Å². The molecule has 0 aliphatic carbocycles. The number of hydrogen-bond donors (Lipinski definition) is 1. The summed E-state index contributed by atoms with van der Waals surface area (Å²) in [5.41, 5.74) is 2.47. The standard InChI is InChI=1S/C17H27N3O/c1-4-20(11-7-10-19(2)3)17(21)12-14-13-18-16-9-6-5-8-15(14)16/h5-6,8-9,14,18H,4,7,10-13H2,1-3H3. The Hall–Kier alpha value is -1.55. The lowest BCUT2D eigenvalue weighted by molar-refractivity contribution is -0.131. The van der Waals surface area contributed by atoms with E-state index in [0.29, 0.717) is 12.3 Å². The number of nitrogens with one attached hydrogen (secondary N) is 1. The number of carbonyl (C=O) groups is 1. The number of para-hydroxylation sites is 1. The molecule has 1 aromatic carbocycles. The summed E-state index contributed by atoms with van der Waals surface area (Å²) in [6, 6.07) is 8.32. The second-order valence-corrected chi connectivity index (χ2v) is 6.00. The zero-order valence-corrected chi connectivity index (χ0v) is 13.4. The fourth-order valence-electron chi connectivity index (χ4n) is 2.92. The normalized spacial score (nSPS) is 16.7. The number of rotatable bonds is 7. The summed E-state index contributed by atoms with van der Waals surface area (Å²) >= 11 is 0. The average Bonchev–Trinajstić information content (AvgIpc) is 2.86. The summed E-state index contributed by atoms with van der Waals surface area (Å²) in [6.45, 7) is 5.62. The Balaban J connectivity index is 1.88. The maximum atomic E-state index is 12.5. The van der Waals surface area contributed by atoms with E-state index in [1.807, 2.05) is 11.0 Å². The van der Waals surface area contributed by atoms with Crippen molar-refractivity contribution in [2.75, 3.05) is 45.6 Å². The molecule has 0 saturated carbocycles. The molecule has 0 radical (unpaired) electrons. The van der Waals surface area contributed by atoms with Crippen LogP contribution in [0.15, 0.2) is 24.3 Å². The maximum Gasteiger partial charge on any atom is 0.223 e. The van der Waals surface area contributed by atoms with Crippen molar-refractivity contribution in [2.45, 2.75) is 25.7 Å². The van der Waals surface area contributed by atoms with Crippen LogP contribution in [0.4, 0.5) is 5.69 Å². The zero-order valence-electron chi connectivity index (χ0n) is 13.4. The molecule has 1 amide bonds. The minimum absolute atomic E-state index is 0.278. The third-order valence-electron chi connectivity index (χ3n) is 4.13. The lowest BCUT2D eigenvalue weighted by atomic mass is 9.97. The molecule has 1 aliphatic heterocycles. The van der Waals surface area contributed by atoms with Gasteiger partial charge in [0.1, 0.15) is 0 Å². The maximum absolute atomic E-state index is 12.5. The largest absolute Gasteiger partial charge is 0.384 e. The van der Waals surface area contributed by atoms with Crippen molar-refractivity contribution in [3.63, 3.8) is 0 Å². The van der Waals surface area contributed by atoms with Gasteiger partial charge in [-0.2, -0.15) is 0 Å². The zero-order chi connectivity index (χ0) is 15.2. The van der Waals surface area contributed by atoms with E-state index in [1.165, 1.54) is 11.3 Å². The van der Waals surface area contributed by atoms with Gasteiger partial charge in [0.05, 0.1) is 0 Å². The van der Waals surface area contributed by atoms with E-state index < -0.39 is 0 Å².